The van der Waals surface area contributed by atoms with Gasteiger partial charge in [-0.25, -0.2) is 12.8 Å². The first-order chi connectivity index (χ1) is 14.7. The lowest BCUT2D eigenvalue weighted by Crippen LogP contribution is -2.59. The number of anilines is 1. The SMILES string of the molecule is Cc1ccc(S(=O)(=O)Nc2ccc(F)cc2)cc1C(=O)NC12CC3CC(CC(C3)C1)C2. The summed E-state index contributed by atoms with van der Waals surface area (Å²) >= 11 is 0. The number of hydrogen-bond acceptors (Lipinski definition) is 3. The number of carbonyl (C=O) groups is 1. The van der Waals surface area contributed by atoms with Crippen molar-refractivity contribution in [3.05, 3.63) is 59.4 Å². The minimum Gasteiger partial charge on any atom is -0.347 e. The number of halogens is 1. The minimum absolute atomic E-state index is 0.0121. The maximum Gasteiger partial charge on any atom is 0.261 e. The van der Waals surface area contributed by atoms with E-state index < -0.39 is 15.8 Å². The van der Waals surface area contributed by atoms with Crippen molar-refractivity contribution in [3.63, 3.8) is 0 Å². The summed E-state index contributed by atoms with van der Waals surface area (Å²) in [6.07, 6.45) is 6.97. The van der Waals surface area contributed by atoms with E-state index in [2.05, 4.69) is 10.0 Å². The predicted molar refractivity (Wildman–Crippen MR) is 117 cm³/mol. The molecule has 0 heterocycles. The first kappa shape index (κ1) is 20.5. The summed E-state index contributed by atoms with van der Waals surface area (Å²) in [5.41, 5.74) is 1.25. The van der Waals surface area contributed by atoms with Crippen LogP contribution in [0.4, 0.5) is 10.1 Å². The molecule has 164 valence electrons. The van der Waals surface area contributed by atoms with Crippen LogP contribution in [0.1, 0.15) is 54.4 Å². The number of sulfonamides is 1. The fourth-order valence-corrected chi connectivity index (χ4v) is 7.40. The van der Waals surface area contributed by atoms with Gasteiger partial charge >= 0.3 is 0 Å². The number of rotatable bonds is 5. The monoisotopic (exact) mass is 442 g/mol. The number of amides is 1. The third-order valence-electron chi connectivity index (χ3n) is 7.28. The second-order valence-electron chi connectivity index (χ2n) is 9.74. The molecule has 4 bridgehead atoms. The molecule has 0 aliphatic heterocycles. The van der Waals surface area contributed by atoms with E-state index in [9.17, 15) is 17.6 Å². The fraction of sp³-hybridized carbons (Fsp3) is 0.458. The Kier molecular flexibility index (Phi) is 4.84. The van der Waals surface area contributed by atoms with Crippen molar-refractivity contribution < 1.29 is 17.6 Å². The van der Waals surface area contributed by atoms with Crippen LogP contribution in [0.2, 0.25) is 0 Å². The van der Waals surface area contributed by atoms with E-state index in [-0.39, 0.29) is 22.0 Å². The normalized spacial score (nSPS) is 29.0. The molecule has 6 rings (SSSR count). The molecule has 4 saturated carbocycles. The molecule has 0 unspecified atom stereocenters. The van der Waals surface area contributed by atoms with E-state index in [0.29, 0.717) is 23.3 Å². The Morgan fingerprint density at radius 1 is 0.968 bits per heavy atom. The second kappa shape index (κ2) is 7.33. The zero-order valence-electron chi connectivity index (χ0n) is 17.5. The maximum absolute atomic E-state index is 13.3. The van der Waals surface area contributed by atoms with Crippen LogP contribution >= 0.6 is 0 Å². The van der Waals surface area contributed by atoms with E-state index in [1.54, 1.807) is 6.07 Å². The molecule has 31 heavy (non-hydrogen) atoms. The molecule has 1 amide bonds. The van der Waals surface area contributed by atoms with Gasteiger partial charge in [0, 0.05) is 16.8 Å². The Hall–Kier alpha value is -2.41. The average molecular weight is 443 g/mol. The Balaban J connectivity index is 1.38. The van der Waals surface area contributed by atoms with Crippen LogP contribution in [0, 0.1) is 30.5 Å². The first-order valence-corrected chi connectivity index (χ1v) is 12.4. The Bertz CT molecular complexity index is 1090. The van der Waals surface area contributed by atoms with Gasteiger partial charge in [-0.1, -0.05) is 6.07 Å². The Morgan fingerprint density at radius 2 is 1.55 bits per heavy atom. The molecule has 2 aromatic rings. The van der Waals surface area contributed by atoms with Gasteiger partial charge in [-0.3, -0.25) is 9.52 Å². The van der Waals surface area contributed by atoms with Crippen molar-refractivity contribution in [2.45, 2.75) is 55.9 Å². The number of carbonyl (C=O) groups excluding carboxylic acids is 1. The Morgan fingerprint density at radius 3 is 2.13 bits per heavy atom. The standard InChI is InChI=1S/C24H27FN2O3S/c1-15-2-7-21(31(29,30)27-20-5-3-19(25)4-6-20)11-22(15)23(28)26-24-12-16-8-17(13-24)10-18(9-16)14-24/h2-7,11,16-18,27H,8-10,12-14H2,1H3,(H,26,28). The van der Waals surface area contributed by atoms with Gasteiger partial charge in [-0.05, 0) is 105 Å². The van der Waals surface area contributed by atoms with Gasteiger partial charge in [0.2, 0.25) is 0 Å². The number of benzene rings is 2. The molecule has 0 spiro atoms. The van der Waals surface area contributed by atoms with Crippen LogP contribution in [-0.4, -0.2) is 19.9 Å². The number of nitrogens with one attached hydrogen (secondary N) is 2. The summed E-state index contributed by atoms with van der Waals surface area (Å²) in [5, 5.41) is 3.32. The number of aryl methyl sites for hydroxylation is 1. The fourth-order valence-electron chi connectivity index (χ4n) is 6.32. The smallest absolute Gasteiger partial charge is 0.261 e. The lowest BCUT2D eigenvalue weighted by Gasteiger charge is -2.56. The van der Waals surface area contributed by atoms with Crippen LogP contribution in [-0.2, 0) is 10.0 Å². The van der Waals surface area contributed by atoms with Crippen molar-refractivity contribution in [2.75, 3.05) is 4.72 Å². The van der Waals surface area contributed by atoms with Crippen LogP contribution in [0.15, 0.2) is 47.4 Å². The molecule has 2 N–H and O–H groups in total. The third-order valence-corrected chi connectivity index (χ3v) is 8.66. The lowest BCUT2D eigenvalue weighted by atomic mass is 9.53. The van der Waals surface area contributed by atoms with E-state index in [0.717, 1.165) is 24.8 Å². The highest BCUT2D eigenvalue weighted by Crippen LogP contribution is 2.55. The van der Waals surface area contributed by atoms with Crippen molar-refractivity contribution in [2.24, 2.45) is 17.8 Å². The highest BCUT2D eigenvalue weighted by molar-refractivity contribution is 7.92. The highest BCUT2D eigenvalue weighted by Gasteiger charge is 2.51. The molecule has 0 radical (unpaired) electrons. The van der Waals surface area contributed by atoms with E-state index in [1.807, 2.05) is 6.92 Å². The van der Waals surface area contributed by atoms with Crippen LogP contribution in [0.3, 0.4) is 0 Å². The summed E-state index contributed by atoms with van der Waals surface area (Å²) < 4.78 is 41.3. The molecule has 4 fully saturated rings. The van der Waals surface area contributed by atoms with E-state index in [1.165, 1.54) is 55.7 Å². The van der Waals surface area contributed by atoms with Gasteiger partial charge in [-0.2, -0.15) is 0 Å². The van der Waals surface area contributed by atoms with Gasteiger partial charge < -0.3 is 5.32 Å². The topological polar surface area (TPSA) is 75.3 Å². The first-order valence-electron chi connectivity index (χ1n) is 10.9. The van der Waals surface area contributed by atoms with Gasteiger partial charge in [-0.15, -0.1) is 0 Å². The molecular formula is C24H27FN2O3S. The predicted octanol–water partition coefficient (Wildman–Crippen LogP) is 4.63. The van der Waals surface area contributed by atoms with Crippen molar-refractivity contribution in [1.82, 2.24) is 5.32 Å². The van der Waals surface area contributed by atoms with Crippen molar-refractivity contribution in [3.8, 4) is 0 Å². The quantitative estimate of drug-likeness (QED) is 0.709. The van der Waals surface area contributed by atoms with Crippen LogP contribution in [0.5, 0.6) is 0 Å². The third kappa shape index (κ3) is 3.95. The van der Waals surface area contributed by atoms with E-state index in [4.69, 9.17) is 0 Å². The number of hydrogen-bond donors (Lipinski definition) is 2. The van der Waals surface area contributed by atoms with Gasteiger partial charge in [0.1, 0.15) is 5.82 Å². The zero-order chi connectivity index (χ0) is 21.8. The lowest BCUT2D eigenvalue weighted by molar-refractivity contribution is -0.0167. The minimum atomic E-state index is -3.90. The van der Waals surface area contributed by atoms with Gasteiger partial charge in [0.05, 0.1) is 4.90 Å². The maximum atomic E-state index is 13.3. The van der Waals surface area contributed by atoms with Crippen LogP contribution < -0.4 is 10.0 Å². The largest absolute Gasteiger partial charge is 0.347 e. The summed E-state index contributed by atoms with van der Waals surface area (Å²) in [6, 6.07) is 9.70. The van der Waals surface area contributed by atoms with Gasteiger partial charge in [0.25, 0.3) is 15.9 Å². The molecule has 0 atom stereocenters. The molecule has 0 aromatic heterocycles. The second-order valence-corrected chi connectivity index (χ2v) is 11.4. The van der Waals surface area contributed by atoms with Crippen molar-refractivity contribution >= 4 is 21.6 Å². The molecule has 4 aliphatic carbocycles. The van der Waals surface area contributed by atoms with Crippen LogP contribution in [0.25, 0.3) is 0 Å². The Labute approximate surface area is 182 Å². The van der Waals surface area contributed by atoms with E-state index >= 15 is 0 Å². The molecule has 2 aromatic carbocycles. The zero-order valence-corrected chi connectivity index (χ0v) is 18.3. The molecule has 4 aliphatic rings. The summed E-state index contributed by atoms with van der Waals surface area (Å²) in [5.74, 6) is 1.48. The molecular weight excluding hydrogens is 415 g/mol. The summed E-state index contributed by atoms with van der Waals surface area (Å²) in [4.78, 5) is 13.3. The highest BCUT2D eigenvalue weighted by atomic mass is 32.2. The van der Waals surface area contributed by atoms with Gasteiger partial charge in [0.15, 0.2) is 0 Å². The molecule has 7 heteroatoms. The summed E-state index contributed by atoms with van der Waals surface area (Å²) in [7, 11) is -3.90. The van der Waals surface area contributed by atoms with Crippen molar-refractivity contribution in [1.29, 1.82) is 0 Å². The molecule has 0 saturated heterocycles. The average Bonchev–Trinajstić information content (AvgIpc) is 2.68. The summed E-state index contributed by atoms with van der Waals surface area (Å²) in [6.45, 7) is 1.82. The molecule has 5 nitrogen and oxygen atoms in total.